The summed E-state index contributed by atoms with van der Waals surface area (Å²) < 4.78 is 20.4. The Hall–Kier alpha value is -3.32. The highest BCUT2D eigenvalue weighted by Crippen LogP contribution is 2.30. The molecule has 146 valence electrons. The second-order valence-electron chi connectivity index (χ2n) is 6.54. The van der Waals surface area contributed by atoms with E-state index in [2.05, 4.69) is 4.99 Å². The molecule has 1 unspecified atom stereocenters. The molecule has 1 aliphatic rings. The minimum Gasteiger partial charge on any atom is -0.466 e. The Bertz CT molecular complexity index is 1310. The number of carbonyl (C=O) groups excluding carboxylic acids is 1. The number of halogens is 1. The van der Waals surface area contributed by atoms with E-state index < -0.39 is 12.0 Å². The summed E-state index contributed by atoms with van der Waals surface area (Å²) in [6, 6.07) is 14.7. The van der Waals surface area contributed by atoms with Gasteiger partial charge in [-0.15, -0.1) is 0 Å². The second kappa shape index (κ2) is 7.60. The van der Waals surface area contributed by atoms with Gasteiger partial charge in [-0.3, -0.25) is 9.36 Å². The molecule has 1 aliphatic heterocycles. The van der Waals surface area contributed by atoms with Crippen LogP contribution in [0, 0.1) is 5.82 Å². The van der Waals surface area contributed by atoms with Gasteiger partial charge in [0, 0.05) is 0 Å². The zero-order chi connectivity index (χ0) is 20.5. The van der Waals surface area contributed by atoms with Gasteiger partial charge >= 0.3 is 5.97 Å². The topological polar surface area (TPSA) is 60.7 Å². The van der Waals surface area contributed by atoms with Gasteiger partial charge in [-0.2, -0.15) is 0 Å². The Kier molecular flexibility index (Phi) is 4.98. The quantitative estimate of drug-likeness (QED) is 0.626. The van der Waals surface area contributed by atoms with Crippen LogP contribution in [0.2, 0.25) is 0 Å². The van der Waals surface area contributed by atoms with E-state index in [0.717, 1.165) is 5.56 Å². The van der Waals surface area contributed by atoms with E-state index in [0.29, 0.717) is 26.2 Å². The largest absolute Gasteiger partial charge is 0.466 e. The molecule has 7 heteroatoms. The van der Waals surface area contributed by atoms with Crippen molar-refractivity contribution in [2.75, 3.05) is 7.11 Å². The molecule has 1 atom stereocenters. The highest BCUT2D eigenvalue weighted by molar-refractivity contribution is 7.07. The molecule has 4 rings (SSSR count). The molecule has 0 saturated carbocycles. The Balaban J connectivity index is 1.98. The number of rotatable bonds is 3. The maximum Gasteiger partial charge on any atom is 0.338 e. The summed E-state index contributed by atoms with van der Waals surface area (Å²) in [6.07, 6.45) is 1.63. The van der Waals surface area contributed by atoms with Gasteiger partial charge in [0.2, 0.25) is 0 Å². The summed E-state index contributed by atoms with van der Waals surface area (Å²) in [5, 5.41) is 0. The predicted octanol–water partition coefficient (Wildman–Crippen LogP) is 2.55. The SMILES string of the molecule is COC(=O)C1=C(C)N=c2s/c(=C\c3cccc(F)c3)c(=O)n2C1c1ccccc1. The third kappa shape index (κ3) is 3.45. The summed E-state index contributed by atoms with van der Waals surface area (Å²) >= 11 is 1.21. The predicted molar refractivity (Wildman–Crippen MR) is 109 cm³/mol. The number of hydrogen-bond acceptors (Lipinski definition) is 5. The van der Waals surface area contributed by atoms with Crippen molar-refractivity contribution < 1.29 is 13.9 Å². The number of nitrogens with zero attached hydrogens (tertiary/aromatic N) is 2. The van der Waals surface area contributed by atoms with Crippen molar-refractivity contribution in [3.63, 3.8) is 0 Å². The lowest BCUT2D eigenvalue weighted by molar-refractivity contribution is -0.136. The molecule has 5 nitrogen and oxygen atoms in total. The smallest absolute Gasteiger partial charge is 0.338 e. The number of esters is 1. The first-order valence-electron chi connectivity index (χ1n) is 8.91. The number of fused-ring (bicyclic) bond motifs is 1. The number of carbonyl (C=O) groups is 1. The van der Waals surface area contributed by atoms with Crippen molar-refractivity contribution in [1.29, 1.82) is 0 Å². The number of benzene rings is 2. The molecule has 3 aromatic rings. The van der Waals surface area contributed by atoms with Crippen molar-refractivity contribution in [3.8, 4) is 0 Å². The Morgan fingerprint density at radius 2 is 1.97 bits per heavy atom. The number of methoxy groups -OCH3 is 1. The Morgan fingerprint density at radius 1 is 1.21 bits per heavy atom. The standard InChI is InChI=1S/C22H17FN2O3S/c1-13-18(21(27)28-2)19(15-8-4-3-5-9-15)25-20(26)17(29-22(25)24-13)12-14-7-6-10-16(23)11-14/h3-12,19H,1-2H3/b17-12-. The molecule has 2 aromatic carbocycles. The third-order valence-corrected chi connectivity index (χ3v) is 5.67. The number of ether oxygens (including phenoxy) is 1. The first-order valence-corrected chi connectivity index (χ1v) is 9.72. The first-order chi connectivity index (χ1) is 14.0. The molecule has 0 amide bonds. The minimum absolute atomic E-state index is 0.291. The average Bonchev–Trinajstić information content (AvgIpc) is 3.02. The van der Waals surface area contributed by atoms with Crippen LogP contribution in [0.3, 0.4) is 0 Å². The summed E-state index contributed by atoms with van der Waals surface area (Å²) in [6.45, 7) is 1.73. The molecular weight excluding hydrogens is 391 g/mol. The zero-order valence-electron chi connectivity index (χ0n) is 15.8. The zero-order valence-corrected chi connectivity index (χ0v) is 16.6. The number of aromatic nitrogens is 1. The van der Waals surface area contributed by atoms with Gasteiger partial charge < -0.3 is 4.74 Å². The van der Waals surface area contributed by atoms with Crippen LogP contribution in [0.5, 0.6) is 0 Å². The summed E-state index contributed by atoms with van der Waals surface area (Å²) in [4.78, 5) is 30.7. The molecule has 0 spiro atoms. The Morgan fingerprint density at radius 3 is 2.66 bits per heavy atom. The monoisotopic (exact) mass is 408 g/mol. The molecule has 0 aliphatic carbocycles. The van der Waals surface area contributed by atoms with Crippen molar-refractivity contribution in [3.05, 3.63) is 102 Å². The molecule has 29 heavy (non-hydrogen) atoms. The lowest BCUT2D eigenvalue weighted by atomic mass is 9.96. The molecule has 0 fully saturated rings. The van der Waals surface area contributed by atoms with E-state index >= 15 is 0 Å². The van der Waals surface area contributed by atoms with Gasteiger partial charge in [-0.25, -0.2) is 14.2 Å². The number of allylic oxidation sites excluding steroid dienone is 1. The van der Waals surface area contributed by atoms with Gasteiger partial charge in [0.15, 0.2) is 4.80 Å². The Labute approximate surface area is 169 Å². The van der Waals surface area contributed by atoms with E-state index in [1.807, 2.05) is 30.3 Å². The van der Waals surface area contributed by atoms with E-state index in [-0.39, 0.29) is 11.4 Å². The molecule has 0 bridgehead atoms. The van der Waals surface area contributed by atoms with Crippen LogP contribution in [-0.4, -0.2) is 17.6 Å². The van der Waals surface area contributed by atoms with E-state index in [9.17, 15) is 14.0 Å². The van der Waals surface area contributed by atoms with Crippen LogP contribution >= 0.6 is 11.3 Å². The van der Waals surface area contributed by atoms with Crippen molar-refractivity contribution in [2.24, 2.45) is 4.99 Å². The lowest BCUT2D eigenvalue weighted by Crippen LogP contribution is -2.39. The van der Waals surface area contributed by atoms with Gasteiger partial charge in [0.05, 0.1) is 29.0 Å². The second-order valence-corrected chi connectivity index (χ2v) is 7.55. The number of thiazole rings is 1. The van der Waals surface area contributed by atoms with Gasteiger partial charge in [-0.1, -0.05) is 53.8 Å². The minimum atomic E-state index is -0.644. The maximum absolute atomic E-state index is 13.5. The molecule has 0 N–H and O–H groups in total. The summed E-state index contributed by atoms with van der Waals surface area (Å²) in [7, 11) is 1.31. The van der Waals surface area contributed by atoms with Gasteiger partial charge in [-0.05, 0) is 36.3 Å². The van der Waals surface area contributed by atoms with E-state index in [1.54, 1.807) is 25.1 Å². The fourth-order valence-corrected chi connectivity index (χ4v) is 4.44. The molecule has 2 heterocycles. The number of hydrogen-bond donors (Lipinski definition) is 0. The van der Waals surface area contributed by atoms with Crippen LogP contribution in [0.4, 0.5) is 4.39 Å². The molecular formula is C22H17FN2O3S. The van der Waals surface area contributed by atoms with Crippen LogP contribution in [0.25, 0.3) is 6.08 Å². The van der Waals surface area contributed by atoms with Gasteiger partial charge in [0.25, 0.3) is 5.56 Å². The van der Waals surface area contributed by atoms with Crippen LogP contribution in [0.1, 0.15) is 24.1 Å². The highest BCUT2D eigenvalue weighted by atomic mass is 32.1. The summed E-state index contributed by atoms with van der Waals surface area (Å²) in [5.41, 5.74) is 1.89. The van der Waals surface area contributed by atoms with E-state index in [4.69, 9.17) is 4.74 Å². The van der Waals surface area contributed by atoms with Crippen LogP contribution in [-0.2, 0) is 9.53 Å². The first kappa shape index (κ1) is 19.0. The normalized spacial score (nSPS) is 16.4. The fraction of sp³-hybridized carbons (Fsp3) is 0.136. The molecule has 0 radical (unpaired) electrons. The maximum atomic E-state index is 13.5. The van der Waals surface area contributed by atoms with Crippen molar-refractivity contribution in [1.82, 2.24) is 4.57 Å². The average molecular weight is 408 g/mol. The molecule has 1 aromatic heterocycles. The fourth-order valence-electron chi connectivity index (χ4n) is 3.39. The lowest BCUT2D eigenvalue weighted by Gasteiger charge is -2.24. The van der Waals surface area contributed by atoms with Gasteiger partial charge in [0.1, 0.15) is 5.82 Å². The van der Waals surface area contributed by atoms with Crippen molar-refractivity contribution in [2.45, 2.75) is 13.0 Å². The highest BCUT2D eigenvalue weighted by Gasteiger charge is 2.32. The van der Waals surface area contributed by atoms with Crippen LogP contribution < -0.4 is 14.9 Å². The van der Waals surface area contributed by atoms with E-state index in [1.165, 1.54) is 35.1 Å². The van der Waals surface area contributed by atoms with Crippen LogP contribution in [0.15, 0.2) is 75.7 Å². The summed E-state index contributed by atoms with van der Waals surface area (Å²) in [5.74, 6) is -0.906. The van der Waals surface area contributed by atoms with Crippen molar-refractivity contribution >= 4 is 23.4 Å². The third-order valence-electron chi connectivity index (χ3n) is 4.69. The molecule has 0 saturated heterocycles.